The molecule has 0 spiro atoms. The molecule has 0 aliphatic rings. The Morgan fingerprint density at radius 1 is 1.08 bits per heavy atom. The molecule has 0 unspecified atom stereocenters. The number of pyridine rings is 1. The van der Waals surface area contributed by atoms with Gasteiger partial charge in [0.05, 0.1) is 11.4 Å². The Balaban J connectivity index is 1.86. The quantitative estimate of drug-likeness (QED) is 0.742. The molecule has 1 amide bonds. The Hall–Kier alpha value is -2.95. The van der Waals surface area contributed by atoms with Crippen LogP contribution in [0, 0.1) is 13.8 Å². The summed E-state index contributed by atoms with van der Waals surface area (Å²) in [7, 11) is 1.79. The molecule has 0 atom stereocenters. The van der Waals surface area contributed by atoms with Crippen molar-refractivity contribution in [3.05, 3.63) is 77.4 Å². The van der Waals surface area contributed by atoms with Crippen LogP contribution in [0.5, 0.6) is 0 Å². The van der Waals surface area contributed by atoms with E-state index in [4.69, 9.17) is 0 Å². The lowest BCUT2D eigenvalue weighted by Crippen LogP contribution is -2.27. The molecule has 1 aromatic carbocycles. The molecule has 5 heteroatoms. The third kappa shape index (κ3) is 3.06. The van der Waals surface area contributed by atoms with Crippen LogP contribution >= 0.6 is 0 Å². The molecule has 0 bridgehead atoms. The van der Waals surface area contributed by atoms with Crippen molar-refractivity contribution in [1.29, 1.82) is 0 Å². The Morgan fingerprint density at radius 2 is 1.79 bits per heavy atom. The van der Waals surface area contributed by atoms with Gasteiger partial charge in [-0.3, -0.25) is 9.78 Å². The zero-order chi connectivity index (χ0) is 17.1. The van der Waals surface area contributed by atoms with Crippen LogP contribution in [0.1, 0.15) is 27.4 Å². The normalized spacial score (nSPS) is 10.6. The second-order valence-corrected chi connectivity index (χ2v) is 5.77. The topological polar surface area (TPSA) is 51.0 Å². The van der Waals surface area contributed by atoms with Crippen LogP contribution in [-0.2, 0) is 6.54 Å². The smallest absolute Gasteiger partial charge is 0.272 e. The third-order valence-corrected chi connectivity index (χ3v) is 4.07. The van der Waals surface area contributed by atoms with Crippen molar-refractivity contribution in [2.75, 3.05) is 7.05 Å². The summed E-state index contributed by atoms with van der Waals surface area (Å²) < 4.78 is 1.92. The Kier molecular flexibility index (Phi) is 4.42. The van der Waals surface area contributed by atoms with Crippen LogP contribution in [0.2, 0.25) is 0 Å². The molecule has 5 nitrogen and oxygen atoms in total. The minimum absolute atomic E-state index is 0.0955. The lowest BCUT2D eigenvalue weighted by atomic mass is 10.1. The molecule has 24 heavy (non-hydrogen) atoms. The van der Waals surface area contributed by atoms with Crippen molar-refractivity contribution in [3.8, 4) is 5.69 Å². The van der Waals surface area contributed by atoms with Crippen LogP contribution in [0.3, 0.4) is 0 Å². The highest BCUT2D eigenvalue weighted by molar-refractivity contribution is 5.92. The lowest BCUT2D eigenvalue weighted by molar-refractivity contribution is 0.0779. The molecule has 2 aromatic heterocycles. The molecule has 0 aliphatic carbocycles. The first-order valence-corrected chi connectivity index (χ1v) is 7.85. The van der Waals surface area contributed by atoms with Gasteiger partial charge in [-0.1, -0.05) is 24.3 Å². The summed E-state index contributed by atoms with van der Waals surface area (Å²) in [5.41, 5.74) is 4.50. The van der Waals surface area contributed by atoms with Crippen molar-refractivity contribution >= 4 is 5.91 Å². The second-order valence-electron chi connectivity index (χ2n) is 5.77. The first kappa shape index (κ1) is 15.9. The fraction of sp³-hybridized carbons (Fsp3) is 0.211. The summed E-state index contributed by atoms with van der Waals surface area (Å²) >= 11 is 0. The molecule has 2 heterocycles. The van der Waals surface area contributed by atoms with Crippen molar-refractivity contribution in [3.63, 3.8) is 0 Å². The second kappa shape index (κ2) is 6.66. The minimum atomic E-state index is -0.0955. The monoisotopic (exact) mass is 320 g/mol. The Bertz CT molecular complexity index is 841. The first-order valence-electron chi connectivity index (χ1n) is 7.85. The van der Waals surface area contributed by atoms with Gasteiger partial charge in [0.15, 0.2) is 0 Å². The fourth-order valence-electron chi connectivity index (χ4n) is 2.72. The summed E-state index contributed by atoms with van der Waals surface area (Å²) in [4.78, 5) is 18.3. The summed E-state index contributed by atoms with van der Waals surface area (Å²) in [6, 6.07) is 15.3. The Labute approximate surface area is 141 Å². The number of hydrogen-bond donors (Lipinski definition) is 0. The highest BCUT2D eigenvalue weighted by Gasteiger charge is 2.18. The Morgan fingerprint density at radius 3 is 2.46 bits per heavy atom. The van der Waals surface area contributed by atoms with Crippen molar-refractivity contribution < 1.29 is 4.79 Å². The van der Waals surface area contributed by atoms with E-state index in [0.29, 0.717) is 12.2 Å². The van der Waals surface area contributed by atoms with Crippen LogP contribution in [0.25, 0.3) is 5.69 Å². The summed E-state index contributed by atoms with van der Waals surface area (Å²) in [6.07, 6.45) is 1.63. The number of benzene rings is 1. The maximum absolute atomic E-state index is 12.5. The number of hydrogen-bond acceptors (Lipinski definition) is 3. The molecule has 0 saturated carbocycles. The summed E-state index contributed by atoms with van der Waals surface area (Å²) in [6.45, 7) is 4.50. The highest BCUT2D eigenvalue weighted by atomic mass is 16.2. The van der Waals surface area contributed by atoms with Gasteiger partial charge in [-0.15, -0.1) is 0 Å². The van der Waals surface area contributed by atoms with Crippen molar-refractivity contribution in [2.24, 2.45) is 0 Å². The molecule has 0 aliphatic heterocycles. The minimum Gasteiger partial charge on any atom is -0.336 e. The van der Waals surface area contributed by atoms with E-state index in [1.165, 1.54) is 0 Å². The van der Waals surface area contributed by atoms with E-state index in [1.807, 2.05) is 54.9 Å². The number of aryl methyl sites for hydroxylation is 1. The number of carbonyl (C=O) groups is 1. The van der Waals surface area contributed by atoms with Gasteiger partial charge >= 0.3 is 0 Å². The van der Waals surface area contributed by atoms with Gasteiger partial charge in [-0.2, -0.15) is 5.10 Å². The summed E-state index contributed by atoms with van der Waals surface area (Å²) in [5.74, 6) is -0.0955. The standard InChI is InChI=1S/C19H20N4O/c1-14-17(13-22(3)19(24)18-11-7-8-12-20-18)15(2)23(21-14)16-9-5-4-6-10-16/h4-12H,13H2,1-3H3. The maximum Gasteiger partial charge on any atom is 0.272 e. The molecule has 0 saturated heterocycles. The van der Waals surface area contributed by atoms with Gasteiger partial charge in [0.2, 0.25) is 0 Å². The van der Waals surface area contributed by atoms with Crippen LogP contribution in [0.4, 0.5) is 0 Å². The SMILES string of the molecule is Cc1nn(-c2ccccc2)c(C)c1CN(C)C(=O)c1ccccn1. The number of aromatic nitrogens is 3. The van der Waals surface area contributed by atoms with Gasteiger partial charge in [-0.25, -0.2) is 4.68 Å². The van der Waals surface area contributed by atoms with E-state index in [2.05, 4.69) is 10.1 Å². The molecule has 3 aromatic rings. The van der Waals surface area contributed by atoms with E-state index in [1.54, 1.807) is 30.3 Å². The van der Waals surface area contributed by atoms with E-state index in [-0.39, 0.29) is 5.91 Å². The van der Waals surface area contributed by atoms with E-state index >= 15 is 0 Å². The average Bonchev–Trinajstić information content (AvgIpc) is 2.90. The zero-order valence-corrected chi connectivity index (χ0v) is 14.1. The molecule has 0 radical (unpaired) electrons. The number of amides is 1. The van der Waals surface area contributed by atoms with Gasteiger partial charge < -0.3 is 4.90 Å². The number of para-hydroxylation sites is 1. The van der Waals surface area contributed by atoms with Crippen LogP contribution in [0.15, 0.2) is 54.7 Å². The largest absolute Gasteiger partial charge is 0.336 e. The highest BCUT2D eigenvalue weighted by Crippen LogP contribution is 2.19. The van der Waals surface area contributed by atoms with Crippen LogP contribution in [-0.4, -0.2) is 32.6 Å². The molecular formula is C19H20N4O. The number of rotatable bonds is 4. The lowest BCUT2D eigenvalue weighted by Gasteiger charge is -2.17. The average molecular weight is 320 g/mol. The number of nitrogens with zero attached hydrogens (tertiary/aromatic N) is 4. The van der Waals surface area contributed by atoms with Crippen molar-refractivity contribution in [1.82, 2.24) is 19.7 Å². The van der Waals surface area contributed by atoms with E-state index in [0.717, 1.165) is 22.6 Å². The third-order valence-electron chi connectivity index (χ3n) is 4.07. The zero-order valence-electron chi connectivity index (χ0n) is 14.1. The molecule has 122 valence electrons. The van der Waals surface area contributed by atoms with E-state index < -0.39 is 0 Å². The summed E-state index contributed by atoms with van der Waals surface area (Å²) in [5, 5.41) is 4.63. The molecule has 0 N–H and O–H groups in total. The van der Waals surface area contributed by atoms with Gasteiger partial charge in [0.1, 0.15) is 5.69 Å². The van der Waals surface area contributed by atoms with Gasteiger partial charge in [0.25, 0.3) is 5.91 Å². The van der Waals surface area contributed by atoms with Crippen LogP contribution < -0.4 is 0 Å². The fourth-order valence-corrected chi connectivity index (χ4v) is 2.72. The predicted molar refractivity (Wildman–Crippen MR) is 93.1 cm³/mol. The molecule has 0 fully saturated rings. The van der Waals surface area contributed by atoms with Crippen molar-refractivity contribution in [2.45, 2.75) is 20.4 Å². The maximum atomic E-state index is 12.5. The van der Waals surface area contributed by atoms with Gasteiger partial charge in [-0.05, 0) is 38.1 Å². The first-order chi connectivity index (χ1) is 11.6. The molecular weight excluding hydrogens is 300 g/mol. The van der Waals surface area contributed by atoms with Gasteiger partial charge in [0, 0.05) is 31.0 Å². The predicted octanol–water partition coefficient (Wildman–Crippen LogP) is 3.16. The molecule has 3 rings (SSSR count). The number of carbonyl (C=O) groups excluding carboxylic acids is 1. The van der Waals surface area contributed by atoms with E-state index in [9.17, 15) is 4.79 Å².